The van der Waals surface area contributed by atoms with Crippen LogP contribution in [0.3, 0.4) is 0 Å². The summed E-state index contributed by atoms with van der Waals surface area (Å²) in [5, 5.41) is 0. The average molecular weight is 196 g/mol. The first kappa shape index (κ1) is 12.8. The molecule has 80 valence electrons. The van der Waals surface area contributed by atoms with Gasteiger partial charge in [0.2, 0.25) is 0 Å². The van der Waals surface area contributed by atoms with Crippen molar-refractivity contribution in [2.24, 2.45) is 0 Å². The Hall–Kier alpha value is -0.220. The Morgan fingerprint density at radius 1 is 0.692 bits per heavy atom. The van der Waals surface area contributed by atoms with Gasteiger partial charge in [0.25, 0.3) is 0 Å². The van der Waals surface area contributed by atoms with Crippen LogP contribution in [0.25, 0.3) is 0 Å². The third-order valence-electron chi connectivity index (χ3n) is 0.850. The van der Waals surface area contributed by atoms with Crippen LogP contribution in [0, 0.1) is 0 Å². The molecule has 0 fully saturated rings. The van der Waals surface area contributed by atoms with Crippen LogP contribution < -0.4 is 0 Å². The third kappa shape index (κ3) is 8.12. The van der Waals surface area contributed by atoms with E-state index in [-0.39, 0.29) is 0 Å². The van der Waals surface area contributed by atoms with Gasteiger partial charge in [-0.05, 0) is 41.5 Å². The minimum Gasteiger partial charge on any atom is -0.290 e. The van der Waals surface area contributed by atoms with Gasteiger partial charge in [-0.2, -0.15) is 0 Å². The highest BCUT2D eigenvalue weighted by atomic mass is 19.3. The van der Waals surface area contributed by atoms with Crippen molar-refractivity contribution in [1.82, 2.24) is 0 Å². The Bertz CT molecular complexity index is 147. The fraction of sp³-hybridized carbons (Fsp3) is 1.00. The lowest BCUT2D eigenvalue weighted by Crippen LogP contribution is -2.40. The number of hydrogen-bond donors (Lipinski definition) is 0. The van der Waals surface area contributed by atoms with Crippen LogP contribution in [0.15, 0.2) is 0 Å². The smallest absolute Gasteiger partial charge is 0.290 e. The molecule has 13 heavy (non-hydrogen) atoms. The second-order valence-electron chi connectivity index (χ2n) is 4.89. The number of hydrogen-bond acceptors (Lipinski definition) is 2. The van der Waals surface area contributed by atoms with Crippen LogP contribution in [0.5, 0.6) is 0 Å². The number of rotatable bonds is 2. The van der Waals surface area contributed by atoms with Crippen molar-refractivity contribution in [3.8, 4) is 0 Å². The zero-order valence-corrected chi connectivity index (χ0v) is 9.07. The summed E-state index contributed by atoms with van der Waals surface area (Å²) < 4.78 is 34.8. The lowest BCUT2D eigenvalue weighted by atomic mass is 10.2. The predicted molar refractivity (Wildman–Crippen MR) is 46.6 cm³/mol. The van der Waals surface area contributed by atoms with Crippen LogP contribution in [-0.2, 0) is 9.47 Å². The minimum absolute atomic E-state index is 0.922. The molecule has 0 N–H and O–H groups in total. The molecular weight excluding hydrogens is 178 g/mol. The van der Waals surface area contributed by atoms with E-state index in [9.17, 15) is 8.78 Å². The quantitative estimate of drug-likeness (QED) is 0.631. The van der Waals surface area contributed by atoms with E-state index in [2.05, 4.69) is 9.47 Å². The molecule has 0 aliphatic carbocycles. The molecule has 0 amide bonds. The lowest BCUT2D eigenvalue weighted by molar-refractivity contribution is -0.439. The van der Waals surface area contributed by atoms with Crippen LogP contribution in [0.1, 0.15) is 41.5 Å². The molecule has 0 aromatic rings. The Morgan fingerprint density at radius 3 is 1.08 bits per heavy atom. The summed E-state index contributed by atoms with van der Waals surface area (Å²) in [6.07, 6.45) is -3.53. The largest absolute Gasteiger partial charge is 0.486 e. The van der Waals surface area contributed by atoms with Gasteiger partial charge < -0.3 is 0 Å². The second kappa shape index (κ2) is 3.50. The van der Waals surface area contributed by atoms with E-state index in [0.29, 0.717) is 0 Å². The Labute approximate surface area is 78.2 Å². The molecule has 4 heteroatoms. The van der Waals surface area contributed by atoms with E-state index in [1.165, 1.54) is 0 Å². The molecule has 0 aliphatic heterocycles. The zero-order valence-electron chi connectivity index (χ0n) is 9.07. The molecule has 2 nitrogen and oxygen atoms in total. The van der Waals surface area contributed by atoms with Crippen LogP contribution >= 0.6 is 0 Å². The zero-order chi connectivity index (χ0) is 10.9. The van der Waals surface area contributed by atoms with Crippen molar-refractivity contribution in [1.29, 1.82) is 0 Å². The molecule has 0 aromatic heterocycles. The first-order valence-electron chi connectivity index (χ1n) is 4.19. The molecule has 0 rings (SSSR count). The topological polar surface area (TPSA) is 18.5 Å². The molecule has 0 aliphatic rings. The van der Waals surface area contributed by atoms with E-state index in [0.717, 1.165) is 0 Å². The molecule has 0 spiro atoms. The lowest BCUT2D eigenvalue weighted by Gasteiger charge is -2.31. The van der Waals surface area contributed by atoms with Crippen LogP contribution in [-0.4, -0.2) is 17.5 Å². The summed E-state index contributed by atoms with van der Waals surface area (Å²) in [6.45, 7) is 9.29. The monoisotopic (exact) mass is 196 g/mol. The molecule has 0 atom stereocenters. The second-order valence-corrected chi connectivity index (χ2v) is 4.89. The Balaban J connectivity index is 4.25. The van der Waals surface area contributed by atoms with Crippen molar-refractivity contribution in [3.05, 3.63) is 0 Å². The van der Waals surface area contributed by atoms with Gasteiger partial charge in [-0.15, -0.1) is 8.78 Å². The molecule has 0 aromatic carbocycles. The summed E-state index contributed by atoms with van der Waals surface area (Å²) in [4.78, 5) is 0. The van der Waals surface area contributed by atoms with Gasteiger partial charge in [0.15, 0.2) is 0 Å². The van der Waals surface area contributed by atoms with E-state index >= 15 is 0 Å². The van der Waals surface area contributed by atoms with Crippen LogP contribution in [0.4, 0.5) is 8.78 Å². The number of alkyl halides is 2. The van der Waals surface area contributed by atoms with Crippen molar-refractivity contribution in [2.75, 3.05) is 0 Å². The van der Waals surface area contributed by atoms with Gasteiger partial charge in [-0.25, -0.2) is 0 Å². The van der Waals surface area contributed by atoms with Crippen molar-refractivity contribution in [3.63, 3.8) is 0 Å². The maximum absolute atomic E-state index is 13.0. The van der Waals surface area contributed by atoms with E-state index in [1.54, 1.807) is 41.5 Å². The third-order valence-corrected chi connectivity index (χ3v) is 0.850. The average Bonchev–Trinajstić information content (AvgIpc) is 1.43. The fourth-order valence-electron chi connectivity index (χ4n) is 0.734. The molecular formula is C9H18F2O2. The Morgan fingerprint density at radius 2 is 0.923 bits per heavy atom. The number of ether oxygens (including phenoxy) is 2. The van der Waals surface area contributed by atoms with Crippen molar-refractivity contribution >= 4 is 0 Å². The van der Waals surface area contributed by atoms with Crippen molar-refractivity contribution in [2.45, 2.75) is 59.0 Å². The highest BCUT2D eigenvalue weighted by Gasteiger charge is 2.40. The standard InChI is InChI=1S/C9H18F2O2/c1-7(2,3)12-9(10,11)13-8(4,5)6/h1-6H3. The fourth-order valence-corrected chi connectivity index (χ4v) is 0.734. The van der Waals surface area contributed by atoms with E-state index < -0.39 is 17.5 Å². The Kier molecular flexibility index (Phi) is 3.44. The summed E-state index contributed by atoms with van der Waals surface area (Å²) in [5.74, 6) is 0. The molecule has 0 unspecified atom stereocenters. The van der Waals surface area contributed by atoms with Gasteiger partial charge in [0.1, 0.15) is 0 Å². The summed E-state index contributed by atoms with van der Waals surface area (Å²) in [5.41, 5.74) is -1.84. The predicted octanol–water partition coefficient (Wildman–Crippen LogP) is 3.17. The van der Waals surface area contributed by atoms with Gasteiger partial charge in [-0.1, -0.05) is 0 Å². The van der Waals surface area contributed by atoms with E-state index in [4.69, 9.17) is 0 Å². The molecule has 0 bridgehead atoms. The summed E-state index contributed by atoms with van der Waals surface area (Å²) >= 11 is 0. The minimum atomic E-state index is -3.53. The van der Waals surface area contributed by atoms with Crippen LogP contribution in [0.2, 0.25) is 0 Å². The summed E-state index contributed by atoms with van der Waals surface area (Å²) in [6, 6.07) is 0. The molecule has 0 saturated heterocycles. The number of halogens is 2. The first-order chi connectivity index (χ1) is 5.41. The maximum atomic E-state index is 13.0. The highest BCUT2D eigenvalue weighted by Crippen LogP contribution is 2.29. The molecule has 0 heterocycles. The summed E-state index contributed by atoms with van der Waals surface area (Å²) in [7, 11) is 0. The van der Waals surface area contributed by atoms with E-state index in [1.807, 2.05) is 0 Å². The maximum Gasteiger partial charge on any atom is 0.486 e. The van der Waals surface area contributed by atoms with Crippen molar-refractivity contribution < 1.29 is 18.3 Å². The van der Waals surface area contributed by atoms with Gasteiger partial charge >= 0.3 is 6.29 Å². The van der Waals surface area contributed by atoms with Gasteiger partial charge in [0, 0.05) is 0 Å². The first-order valence-corrected chi connectivity index (χ1v) is 4.19. The highest BCUT2D eigenvalue weighted by molar-refractivity contribution is 4.64. The van der Waals surface area contributed by atoms with Gasteiger partial charge in [-0.3, -0.25) is 9.47 Å². The van der Waals surface area contributed by atoms with Gasteiger partial charge in [0.05, 0.1) is 11.2 Å². The molecule has 0 radical (unpaired) electrons. The SMILES string of the molecule is CC(C)(C)OC(F)(F)OC(C)(C)C. The normalized spacial score (nSPS) is 14.8. The molecule has 0 saturated carbocycles.